The zero-order chi connectivity index (χ0) is 27.2. The largest absolute Gasteiger partial charge is 0.490 e. The van der Waals surface area contributed by atoms with Gasteiger partial charge in [-0.3, -0.25) is 9.28 Å². The van der Waals surface area contributed by atoms with Gasteiger partial charge in [0.15, 0.2) is 0 Å². The molecule has 4 rings (SSSR count). The molecule has 2 aliphatic rings. The van der Waals surface area contributed by atoms with E-state index in [1.165, 1.54) is 55.3 Å². The number of hydrogen-bond donors (Lipinski definition) is 3. The topological polar surface area (TPSA) is 78.4 Å². The molecule has 37 heavy (non-hydrogen) atoms. The molecule has 1 amide bonds. The van der Waals surface area contributed by atoms with Gasteiger partial charge in [0.05, 0.1) is 12.6 Å². The number of amides is 1. The van der Waals surface area contributed by atoms with Crippen LogP contribution in [0.4, 0.5) is 28.9 Å². The number of hydrogen-bond acceptors (Lipinski definition) is 3. The Bertz CT molecular complexity index is 1150. The van der Waals surface area contributed by atoms with Crippen molar-refractivity contribution >= 4 is 29.3 Å². The summed E-state index contributed by atoms with van der Waals surface area (Å²) in [5, 5.41) is 13.6. The fourth-order valence-corrected chi connectivity index (χ4v) is 5.40. The molecule has 3 atom stereocenters. The maximum atomic E-state index is 13.3. The van der Waals surface area contributed by atoms with Crippen LogP contribution in [0, 0.1) is 12.7 Å². The lowest BCUT2D eigenvalue weighted by Gasteiger charge is -2.44. The summed E-state index contributed by atoms with van der Waals surface area (Å²) in [5.74, 6) is -3.29. The standard InChI is InChI=1S/C25H30FN3O.C2HF3O2/c1-18-15-22(28-25(30)11-8-20-6-3-7-21(26)16-20)9-10-24(18)29(14-4-5-19(29)2)23-12-13-27-17-23;3-2(4,5)1(6)7/h3,6-11,15-16,19,23,27H,4-5,12-14,17H2,1-2H3;(H,6,7)/p+1/b11-8+;. The highest BCUT2D eigenvalue weighted by Crippen LogP contribution is 2.41. The Morgan fingerprint density at radius 1 is 1.16 bits per heavy atom. The number of carbonyl (C=O) groups excluding carboxylic acids is 1. The Morgan fingerprint density at radius 3 is 2.43 bits per heavy atom. The summed E-state index contributed by atoms with van der Waals surface area (Å²) in [6, 6.07) is 13.7. The molecule has 3 N–H and O–H groups in total. The Balaban J connectivity index is 0.000000479. The Hall–Kier alpha value is -3.24. The Morgan fingerprint density at radius 2 is 1.89 bits per heavy atom. The van der Waals surface area contributed by atoms with Crippen LogP contribution in [0.25, 0.3) is 6.08 Å². The van der Waals surface area contributed by atoms with E-state index in [4.69, 9.17) is 9.90 Å². The predicted molar refractivity (Wildman–Crippen MR) is 136 cm³/mol. The van der Waals surface area contributed by atoms with Crippen LogP contribution in [0.3, 0.4) is 0 Å². The monoisotopic (exact) mass is 522 g/mol. The molecule has 3 unspecified atom stereocenters. The number of rotatable bonds is 5. The number of aliphatic carboxylic acids is 1. The second-order valence-corrected chi connectivity index (χ2v) is 9.47. The molecule has 10 heteroatoms. The van der Waals surface area contributed by atoms with E-state index in [1.54, 1.807) is 18.2 Å². The summed E-state index contributed by atoms with van der Waals surface area (Å²) in [7, 11) is 0. The van der Waals surface area contributed by atoms with Gasteiger partial charge in [-0.15, -0.1) is 0 Å². The molecule has 2 saturated heterocycles. The van der Waals surface area contributed by atoms with E-state index in [1.807, 2.05) is 6.07 Å². The number of nitrogens with zero attached hydrogens (tertiary/aromatic N) is 1. The molecule has 0 bridgehead atoms. The maximum Gasteiger partial charge on any atom is 0.490 e. The van der Waals surface area contributed by atoms with Crippen molar-refractivity contribution in [2.75, 3.05) is 25.0 Å². The molecule has 2 aromatic carbocycles. The number of aryl methyl sites for hydroxylation is 1. The van der Waals surface area contributed by atoms with Crippen molar-refractivity contribution in [2.45, 2.75) is 51.4 Å². The van der Waals surface area contributed by atoms with E-state index in [0.717, 1.165) is 23.3 Å². The van der Waals surface area contributed by atoms with E-state index in [-0.39, 0.29) is 11.7 Å². The number of halogens is 4. The molecule has 2 fully saturated rings. The van der Waals surface area contributed by atoms with Gasteiger partial charge in [-0.1, -0.05) is 12.1 Å². The maximum absolute atomic E-state index is 13.3. The predicted octanol–water partition coefficient (Wildman–Crippen LogP) is 5.27. The summed E-state index contributed by atoms with van der Waals surface area (Å²) in [6.45, 7) is 7.91. The number of carboxylic acids is 1. The number of carbonyl (C=O) groups is 2. The first-order valence-electron chi connectivity index (χ1n) is 12.2. The Labute approximate surface area is 213 Å². The fraction of sp³-hybridized carbons (Fsp3) is 0.407. The van der Waals surface area contributed by atoms with Crippen molar-refractivity contribution in [1.29, 1.82) is 0 Å². The first-order chi connectivity index (χ1) is 17.4. The van der Waals surface area contributed by atoms with Crippen LogP contribution in [-0.4, -0.2) is 54.9 Å². The first-order valence-corrected chi connectivity index (χ1v) is 12.2. The average Bonchev–Trinajstić information content (AvgIpc) is 3.48. The number of alkyl halides is 3. The van der Waals surface area contributed by atoms with Gasteiger partial charge in [-0.05, 0) is 49.8 Å². The molecule has 2 aliphatic heterocycles. The second kappa shape index (κ2) is 11.9. The van der Waals surface area contributed by atoms with E-state index >= 15 is 0 Å². The molecule has 200 valence electrons. The molecule has 0 saturated carbocycles. The van der Waals surface area contributed by atoms with Crippen molar-refractivity contribution in [3.63, 3.8) is 0 Å². The van der Waals surface area contributed by atoms with Crippen molar-refractivity contribution < 1.29 is 32.3 Å². The van der Waals surface area contributed by atoms with Crippen molar-refractivity contribution in [2.24, 2.45) is 0 Å². The van der Waals surface area contributed by atoms with E-state index in [9.17, 15) is 22.4 Å². The van der Waals surface area contributed by atoms with Gasteiger partial charge in [0.2, 0.25) is 5.91 Å². The summed E-state index contributed by atoms with van der Waals surface area (Å²) in [6.07, 6.45) is 1.73. The summed E-state index contributed by atoms with van der Waals surface area (Å²) in [5.41, 5.74) is 4.07. The van der Waals surface area contributed by atoms with Crippen LogP contribution in [-0.2, 0) is 9.59 Å². The van der Waals surface area contributed by atoms with Crippen LogP contribution in [0.5, 0.6) is 0 Å². The number of likely N-dealkylation sites (tertiary alicyclic amines) is 1. The van der Waals surface area contributed by atoms with Crippen molar-refractivity contribution in [1.82, 2.24) is 9.80 Å². The van der Waals surface area contributed by atoms with E-state index in [2.05, 4.69) is 36.6 Å². The molecule has 6 nitrogen and oxygen atoms in total. The minimum absolute atomic E-state index is 0.218. The van der Waals surface area contributed by atoms with E-state index in [0.29, 0.717) is 17.6 Å². The summed E-state index contributed by atoms with van der Waals surface area (Å²) in [4.78, 5) is 21.2. The summed E-state index contributed by atoms with van der Waals surface area (Å²) >= 11 is 0. The number of nitrogens with one attached hydrogen (secondary N) is 2. The normalized spacial score (nSPS) is 23.5. The van der Waals surface area contributed by atoms with Crippen LogP contribution < -0.4 is 15.1 Å². The lowest BCUT2D eigenvalue weighted by atomic mass is 10.0. The lowest BCUT2D eigenvalue weighted by molar-refractivity contribution is -0.192. The molecule has 2 heterocycles. The number of anilines is 1. The fourth-order valence-electron chi connectivity index (χ4n) is 5.40. The highest BCUT2D eigenvalue weighted by atomic mass is 19.4. The van der Waals surface area contributed by atoms with Crippen LogP contribution in [0.2, 0.25) is 0 Å². The SMILES string of the molecule is Cc1cc(NC(=O)/C=C/c2cccc(F)c2)ccc1[N+]1(C2CCNC2)CCCC1C.O=C(O)C(F)(F)F. The second-order valence-electron chi connectivity index (χ2n) is 9.47. The summed E-state index contributed by atoms with van der Waals surface area (Å²) < 4.78 is 46.1. The van der Waals surface area contributed by atoms with Crippen LogP contribution in [0.15, 0.2) is 48.5 Å². The molecule has 0 aromatic heterocycles. The van der Waals surface area contributed by atoms with Crippen LogP contribution in [0.1, 0.15) is 37.3 Å². The minimum Gasteiger partial charge on any atom is -0.475 e. The molecule has 2 aromatic rings. The third-order valence-electron chi connectivity index (χ3n) is 7.05. The number of quaternary nitrogens is 1. The highest BCUT2D eigenvalue weighted by molar-refractivity contribution is 6.02. The lowest BCUT2D eigenvalue weighted by Crippen LogP contribution is -2.60. The zero-order valence-electron chi connectivity index (χ0n) is 20.8. The van der Waals surface area contributed by atoms with Crippen molar-refractivity contribution in [3.05, 3.63) is 65.5 Å². The van der Waals surface area contributed by atoms with Gasteiger partial charge in [0.1, 0.15) is 17.5 Å². The van der Waals surface area contributed by atoms with E-state index < -0.39 is 12.1 Å². The number of carboxylic acid groups (broad SMARTS) is 1. The van der Waals surface area contributed by atoms with Gasteiger partial charge in [-0.25, -0.2) is 9.18 Å². The smallest absolute Gasteiger partial charge is 0.475 e. The van der Waals surface area contributed by atoms with Gasteiger partial charge in [0, 0.05) is 55.7 Å². The quantitative estimate of drug-likeness (QED) is 0.284. The van der Waals surface area contributed by atoms with Crippen LogP contribution >= 0.6 is 0 Å². The highest BCUT2D eigenvalue weighted by Gasteiger charge is 2.48. The molecular formula is C27H32F4N3O3+. The first kappa shape index (κ1) is 28.3. The minimum atomic E-state index is -5.08. The van der Waals surface area contributed by atoms with Gasteiger partial charge < -0.3 is 15.7 Å². The number of benzene rings is 2. The molecular weight excluding hydrogens is 490 g/mol. The average molecular weight is 523 g/mol. The third kappa shape index (κ3) is 6.95. The van der Waals surface area contributed by atoms with Gasteiger partial charge in [-0.2, -0.15) is 13.2 Å². The molecule has 0 radical (unpaired) electrons. The van der Waals surface area contributed by atoms with Crippen molar-refractivity contribution in [3.8, 4) is 0 Å². The Kier molecular flexibility index (Phi) is 9.09. The third-order valence-corrected chi connectivity index (χ3v) is 7.05. The molecule has 0 aliphatic carbocycles. The zero-order valence-corrected chi connectivity index (χ0v) is 20.8. The molecule has 0 spiro atoms. The van der Waals surface area contributed by atoms with Gasteiger partial charge >= 0.3 is 12.1 Å². The van der Waals surface area contributed by atoms with Gasteiger partial charge in [0.25, 0.3) is 0 Å².